The Hall–Kier alpha value is -3.12. The number of pyridine rings is 1. The first-order chi connectivity index (χ1) is 10.8. The van der Waals surface area contributed by atoms with Gasteiger partial charge in [-0.3, -0.25) is 4.40 Å². The molecular weight excluding hydrogens is 270 g/mol. The number of imidazole rings is 1. The maximum absolute atomic E-state index is 9.56. The summed E-state index contributed by atoms with van der Waals surface area (Å²) >= 11 is 0. The van der Waals surface area contributed by atoms with Crippen molar-refractivity contribution in [3.8, 4) is 17.3 Å². The van der Waals surface area contributed by atoms with Crippen molar-refractivity contribution in [2.45, 2.75) is 6.92 Å². The van der Waals surface area contributed by atoms with Crippen molar-refractivity contribution in [1.82, 2.24) is 9.38 Å². The van der Waals surface area contributed by atoms with Crippen molar-refractivity contribution in [2.75, 3.05) is 0 Å². The van der Waals surface area contributed by atoms with Gasteiger partial charge in [-0.15, -0.1) is 0 Å². The van der Waals surface area contributed by atoms with E-state index in [9.17, 15) is 5.26 Å². The highest BCUT2D eigenvalue weighted by molar-refractivity contribution is 5.87. The minimum atomic E-state index is 0.578. The van der Waals surface area contributed by atoms with Crippen LogP contribution in [0.4, 0.5) is 0 Å². The zero-order valence-corrected chi connectivity index (χ0v) is 12.1. The first kappa shape index (κ1) is 12.6. The summed E-state index contributed by atoms with van der Waals surface area (Å²) in [5, 5.41) is 11.9. The molecule has 2 aromatic carbocycles. The zero-order chi connectivity index (χ0) is 15.1. The summed E-state index contributed by atoms with van der Waals surface area (Å²) in [6.45, 7) is 2.01. The van der Waals surface area contributed by atoms with Crippen molar-refractivity contribution in [3.63, 3.8) is 0 Å². The van der Waals surface area contributed by atoms with Crippen molar-refractivity contribution in [2.24, 2.45) is 0 Å². The Morgan fingerprint density at radius 2 is 1.82 bits per heavy atom. The van der Waals surface area contributed by atoms with Crippen LogP contribution in [0.25, 0.3) is 27.7 Å². The van der Waals surface area contributed by atoms with E-state index in [0.29, 0.717) is 5.69 Å². The number of benzene rings is 2. The Bertz CT molecular complexity index is 1050. The van der Waals surface area contributed by atoms with E-state index in [1.807, 2.05) is 47.9 Å². The predicted molar refractivity (Wildman–Crippen MR) is 87.6 cm³/mol. The number of hydrogen-bond donors (Lipinski definition) is 0. The number of aromatic nitrogens is 2. The maximum atomic E-state index is 9.56. The van der Waals surface area contributed by atoms with E-state index in [0.717, 1.165) is 27.9 Å². The summed E-state index contributed by atoms with van der Waals surface area (Å²) in [6, 6.07) is 20.6. The van der Waals surface area contributed by atoms with Gasteiger partial charge in [-0.25, -0.2) is 4.98 Å². The topological polar surface area (TPSA) is 41.1 Å². The van der Waals surface area contributed by atoms with Gasteiger partial charge in [0.05, 0.1) is 0 Å². The van der Waals surface area contributed by atoms with Crippen molar-refractivity contribution in [3.05, 3.63) is 72.1 Å². The highest BCUT2D eigenvalue weighted by atomic mass is 15.0. The molecule has 0 saturated carbocycles. The minimum absolute atomic E-state index is 0.578. The van der Waals surface area contributed by atoms with Crippen molar-refractivity contribution >= 4 is 16.4 Å². The number of nitrogens with zero attached hydrogens (tertiary/aromatic N) is 3. The molecule has 4 rings (SSSR count). The molecule has 0 spiro atoms. The van der Waals surface area contributed by atoms with Gasteiger partial charge in [-0.1, -0.05) is 42.5 Å². The molecular formula is C19H13N3. The molecule has 0 radical (unpaired) electrons. The van der Waals surface area contributed by atoms with E-state index in [1.165, 1.54) is 5.39 Å². The largest absolute Gasteiger partial charge is 0.291 e. The Kier molecular flexibility index (Phi) is 2.70. The average Bonchev–Trinajstić information content (AvgIpc) is 2.94. The highest BCUT2D eigenvalue weighted by Crippen LogP contribution is 2.28. The third-order valence-corrected chi connectivity index (χ3v) is 3.97. The summed E-state index contributed by atoms with van der Waals surface area (Å²) in [6.07, 6.45) is 1.89. The quantitative estimate of drug-likeness (QED) is 0.521. The number of aryl methyl sites for hydroxylation is 1. The number of rotatable bonds is 1. The van der Waals surface area contributed by atoms with Crippen LogP contribution in [0.3, 0.4) is 0 Å². The van der Waals surface area contributed by atoms with Crippen LogP contribution < -0.4 is 0 Å². The fourth-order valence-corrected chi connectivity index (χ4v) is 2.85. The first-order valence-corrected chi connectivity index (χ1v) is 7.15. The number of nitriles is 1. The second kappa shape index (κ2) is 4.71. The minimum Gasteiger partial charge on any atom is -0.291 e. The molecule has 0 N–H and O–H groups in total. The van der Waals surface area contributed by atoms with E-state index in [2.05, 4.69) is 30.3 Å². The van der Waals surface area contributed by atoms with E-state index in [-0.39, 0.29) is 0 Å². The molecule has 0 aliphatic heterocycles. The maximum Gasteiger partial charge on any atom is 0.152 e. The number of fused-ring (bicyclic) bond motifs is 2. The van der Waals surface area contributed by atoms with E-state index >= 15 is 0 Å². The van der Waals surface area contributed by atoms with Gasteiger partial charge < -0.3 is 0 Å². The summed E-state index contributed by atoms with van der Waals surface area (Å²) in [5.74, 6) is 0. The molecule has 0 aliphatic rings. The molecule has 22 heavy (non-hydrogen) atoms. The van der Waals surface area contributed by atoms with E-state index < -0.39 is 0 Å². The van der Waals surface area contributed by atoms with Gasteiger partial charge in [-0.05, 0) is 35.4 Å². The number of hydrogen-bond acceptors (Lipinski definition) is 2. The predicted octanol–water partition coefficient (Wildman–Crippen LogP) is 4.33. The standard InChI is InChI=1S/C19H13N3/c1-13-5-4-10-22-17(12-20)18(21-19(13)22)16-9-8-14-6-2-3-7-15(14)11-16/h2-11H,1H3. The van der Waals surface area contributed by atoms with Crippen LogP contribution in [0.5, 0.6) is 0 Å². The van der Waals surface area contributed by atoms with Crippen molar-refractivity contribution in [1.29, 1.82) is 5.26 Å². The third-order valence-electron chi connectivity index (χ3n) is 3.97. The van der Waals surface area contributed by atoms with Crippen LogP contribution in [0, 0.1) is 18.3 Å². The second-order valence-electron chi connectivity index (χ2n) is 5.37. The third kappa shape index (κ3) is 1.78. The molecule has 0 fully saturated rings. The molecule has 0 aliphatic carbocycles. The van der Waals surface area contributed by atoms with Gasteiger partial charge in [0.15, 0.2) is 5.69 Å². The van der Waals surface area contributed by atoms with Gasteiger partial charge in [0.25, 0.3) is 0 Å². The van der Waals surface area contributed by atoms with Crippen LogP contribution in [0.1, 0.15) is 11.3 Å². The molecule has 2 heterocycles. The van der Waals surface area contributed by atoms with Crippen LogP contribution in [0.2, 0.25) is 0 Å². The normalized spacial score (nSPS) is 10.9. The average molecular weight is 283 g/mol. The molecule has 104 valence electrons. The van der Waals surface area contributed by atoms with Crippen molar-refractivity contribution < 1.29 is 0 Å². The first-order valence-electron chi connectivity index (χ1n) is 7.15. The lowest BCUT2D eigenvalue weighted by Gasteiger charge is -2.01. The monoisotopic (exact) mass is 283 g/mol. The lowest BCUT2D eigenvalue weighted by molar-refractivity contribution is 1.14. The van der Waals surface area contributed by atoms with E-state index in [4.69, 9.17) is 4.98 Å². The zero-order valence-electron chi connectivity index (χ0n) is 12.1. The van der Waals surface area contributed by atoms with Gasteiger partial charge >= 0.3 is 0 Å². The smallest absolute Gasteiger partial charge is 0.152 e. The molecule has 4 aromatic rings. The van der Waals surface area contributed by atoms with Gasteiger partial charge in [-0.2, -0.15) is 5.26 Å². The Morgan fingerprint density at radius 1 is 1.00 bits per heavy atom. The van der Waals surface area contributed by atoms with Gasteiger partial charge in [0, 0.05) is 11.8 Å². The van der Waals surface area contributed by atoms with Crippen LogP contribution >= 0.6 is 0 Å². The van der Waals surface area contributed by atoms with Crippen LogP contribution in [-0.4, -0.2) is 9.38 Å². The molecule has 3 heteroatoms. The lowest BCUT2D eigenvalue weighted by atomic mass is 10.0. The summed E-state index contributed by atoms with van der Waals surface area (Å²) in [4.78, 5) is 4.70. The van der Waals surface area contributed by atoms with E-state index in [1.54, 1.807) is 0 Å². The summed E-state index contributed by atoms with van der Waals surface area (Å²) in [5.41, 5.74) is 4.18. The molecule has 0 amide bonds. The fraction of sp³-hybridized carbons (Fsp3) is 0.0526. The molecule has 0 saturated heterocycles. The molecule has 0 unspecified atom stereocenters. The Balaban J connectivity index is 2.03. The molecule has 3 nitrogen and oxygen atoms in total. The SMILES string of the molecule is Cc1cccn2c(C#N)c(-c3ccc4ccccc4c3)nc12. The van der Waals surface area contributed by atoms with Gasteiger partial charge in [0.2, 0.25) is 0 Å². The molecule has 0 bridgehead atoms. The van der Waals surface area contributed by atoms with Gasteiger partial charge in [0.1, 0.15) is 17.4 Å². The highest BCUT2D eigenvalue weighted by Gasteiger charge is 2.14. The summed E-state index contributed by atoms with van der Waals surface area (Å²) in [7, 11) is 0. The lowest BCUT2D eigenvalue weighted by Crippen LogP contribution is -1.89. The second-order valence-corrected chi connectivity index (χ2v) is 5.37. The Labute approximate surface area is 128 Å². The Morgan fingerprint density at radius 3 is 2.64 bits per heavy atom. The molecule has 2 aromatic heterocycles. The van der Waals surface area contributed by atoms with Crippen LogP contribution in [-0.2, 0) is 0 Å². The fourth-order valence-electron chi connectivity index (χ4n) is 2.85. The summed E-state index contributed by atoms with van der Waals surface area (Å²) < 4.78 is 1.86. The molecule has 0 atom stereocenters. The van der Waals surface area contributed by atoms with Crippen LogP contribution in [0.15, 0.2) is 60.8 Å².